The van der Waals surface area contributed by atoms with E-state index in [9.17, 15) is 0 Å². The second kappa shape index (κ2) is 8.67. The summed E-state index contributed by atoms with van der Waals surface area (Å²) >= 11 is 0. The molecule has 0 aromatic heterocycles. The second-order valence-corrected chi connectivity index (χ2v) is 4.89. The summed E-state index contributed by atoms with van der Waals surface area (Å²) in [6.07, 6.45) is 7.14. The van der Waals surface area contributed by atoms with Crippen molar-refractivity contribution in [3.05, 3.63) is 36.4 Å². The molecule has 2 rings (SSSR count). The van der Waals surface area contributed by atoms with Crippen LogP contribution in [0.4, 0.5) is 22.7 Å². The van der Waals surface area contributed by atoms with Crippen LogP contribution in [0.1, 0.15) is 27.7 Å². The van der Waals surface area contributed by atoms with E-state index in [0.717, 1.165) is 33.9 Å². The Morgan fingerprint density at radius 3 is 0.958 bits per heavy atom. The molecule has 0 aliphatic rings. The summed E-state index contributed by atoms with van der Waals surface area (Å²) in [5, 5.41) is 0. The van der Waals surface area contributed by atoms with E-state index < -0.39 is 0 Å². The van der Waals surface area contributed by atoms with E-state index in [0.29, 0.717) is 0 Å². The van der Waals surface area contributed by atoms with Gasteiger partial charge in [-0.1, -0.05) is 12.1 Å². The molecule has 0 aliphatic carbocycles. The minimum atomic E-state index is 0.854. The second-order valence-electron chi connectivity index (χ2n) is 4.89. The van der Waals surface area contributed by atoms with Crippen LogP contribution in [0.25, 0.3) is 11.1 Å². The average Bonchev–Trinajstić information content (AvgIpc) is 2.57. The Kier molecular flexibility index (Phi) is 6.32. The summed E-state index contributed by atoms with van der Waals surface area (Å²) in [6, 6.07) is 11.9. The number of benzene rings is 2. The molecule has 0 amide bonds. The zero-order valence-corrected chi connectivity index (χ0v) is 14.6. The maximum absolute atomic E-state index is 4.53. The molecule has 0 heterocycles. The van der Waals surface area contributed by atoms with Gasteiger partial charge in [0, 0.05) is 36.0 Å². The van der Waals surface area contributed by atoms with Crippen LogP contribution < -0.4 is 0 Å². The van der Waals surface area contributed by atoms with Crippen LogP contribution in [0.15, 0.2) is 56.4 Å². The fourth-order valence-corrected chi connectivity index (χ4v) is 2.56. The number of hydrogen-bond donors (Lipinski definition) is 0. The zero-order valence-electron chi connectivity index (χ0n) is 14.6. The highest BCUT2D eigenvalue weighted by Crippen LogP contribution is 2.47. The van der Waals surface area contributed by atoms with E-state index in [4.69, 9.17) is 0 Å². The van der Waals surface area contributed by atoms with E-state index in [-0.39, 0.29) is 0 Å². The van der Waals surface area contributed by atoms with Crippen LogP contribution in [-0.4, -0.2) is 24.9 Å². The van der Waals surface area contributed by atoms with Gasteiger partial charge in [-0.2, -0.15) is 0 Å². The van der Waals surface area contributed by atoms with Crippen molar-refractivity contribution in [2.75, 3.05) is 0 Å². The minimum Gasteiger partial charge on any atom is -0.261 e. The van der Waals surface area contributed by atoms with E-state index in [1.807, 2.05) is 64.1 Å². The van der Waals surface area contributed by atoms with Gasteiger partial charge in [0.1, 0.15) is 0 Å². The van der Waals surface area contributed by atoms with Gasteiger partial charge in [0.25, 0.3) is 0 Å². The molecular weight excluding hydrogens is 296 g/mol. The molecule has 0 unspecified atom stereocenters. The van der Waals surface area contributed by atoms with E-state index in [2.05, 4.69) is 20.0 Å². The predicted molar refractivity (Wildman–Crippen MR) is 107 cm³/mol. The van der Waals surface area contributed by atoms with Crippen molar-refractivity contribution in [2.45, 2.75) is 27.7 Å². The Balaban J connectivity index is 2.93. The third-order valence-corrected chi connectivity index (χ3v) is 3.36. The SMILES string of the molecule is CC=Nc1cccc(N=CC)c1-c1c(N=CC)cccc1N=CC. The zero-order chi connectivity index (χ0) is 17.4. The standard InChI is InChI=1S/C20H22N4/c1-5-21-15-11-9-12-16(22-6-2)19(15)20-17(23-7-3)13-10-14-18(20)24-8-4/h5-14H,1-4H3. The molecule has 0 N–H and O–H groups in total. The fourth-order valence-electron chi connectivity index (χ4n) is 2.56. The molecule has 0 bridgehead atoms. The number of rotatable bonds is 5. The summed E-state index contributed by atoms with van der Waals surface area (Å²) in [5.41, 5.74) is 5.30. The molecule has 2 aromatic carbocycles. The molecule has 0 spiro atoms. The van der Waals surface area contributed by atoms with Crippen LogP contribution in [0.3, 0.4) is 0 Å². The highest BCUT2D eigenvalue weighted by atomic mass is 14.8. The molecular formula is C20H22N4. The highest BCUT2D eigenvalue weighted by Gasteiger charge is 2.17. The highest BCUT2D eigenvalue weighted by molar-refractivity contribution is 5.99. The molecule has 0 aliphatic heterocycles. The Labute approximate surface area is 143 Å². The Bertz CT molecular complexity index is 684. The molecule has 0 saturated heterocycles. The summed E-state index contributed by atoms with van der Waals surface area (Å²) in [4.78, 5) is 18.1. The first-order valence-electron chi connectivity index (χ1n) is 7.97. The largest absolute Gasteiger partial charge is 0.261 e. The quantitative estimate of drug-likeness (QED) is 0.586. The van der Waals surface area contributed by atoms with E-state index in [1.165, 1.54) is 0 Å². The van der Waals surface area contributed by atoms with Crippen LogP contribution in [0.2, 0.25) is 0 Å². The molecule has 122 valence electrons. The lowest BCUT2D eigenvalue weighted by atomic mass is 9.98. The Hall–Kier alpha value is -2.88. The lowest BCUT2D eigenvalue weighted by molar-refractivity contribution is 1.42. The topological polar surface area (TPSA) is 49.4 Å². The Morgan fingerprint density at radius 2 is 0.750 bits per heavy atom. The van der Waals surface area contributed by atoms with Gasteiger partial charge >= 0.3 is 0 Å². The van der Waals surface area contributed by atoms with Crippen LogP contribution in [0.5, 0.6) is 0 Å². The van der Waals surface area contributed by atoms with Crippen molar-refractivity contribution in [3.8, 4) is 11.1 Å². The van der Waals surface area contributed by atoms with Crippen molar-refractivity contribution in [3.63, 3.8) is 0 Å². The Morgan fingerprint density at radius 1 is 0.500 bits per heavy atom. The third-order valence-electron chi connectivity index (χ3n) is 3.36. The smallest absolute Gasteiger partial charge is 0.0727 e. The van der Waals surface area contributed by atoms with Gasteiger partial charge in [-0.15, -0.1) is 0 Å². The van der Waals surface area contributed by atoms with Gasteiger partial charge < -0.3 is 0 Å². The van der Waals surface area contributed by atoms with Gasteiger partial charge in [0.15, 0.2) is 0 Å². The van der Waals surface area contributed by atoms with Crippen molar-refractivity contribution in [1.82, 2.24) is 0 Å². The van der Waals surface area contributed by atoms with E-state index >= 15 is 0 Å². The van der Waals surface area contributed by atoms with Gasteiger partial charge in [-0.05, 0) is 52.0 Å². The normalized spacial score (nSPS) is 12.3. The van der Waals surface area contributed by atoms with Crippen molar-refractivity contribution in [1.29, 1.82) is 0 Å². The third kappa shape index (κ3) is 3.71. The lowest BCUT2D eigenvalue weighted by Gasteiger charge is -2.14. The molecule has 2 aromatic rings. The maximum Gasteiger partial charge on any atom is 0.0727 e. The summed E-state index contributed by atoms with van der Waals surface area (Å²) in [6.45, 7) is 7.61. The van der Waals surface area contributed by atoms with Crippen molar-refractivity contribution >= 4 is 47.6 Å². The first kappa shape index (κ1) is 17.5. The van der Waals surface area contributed by atoms with Gasteiger partial charge in [0.05, 0.1) is 22.7 Å². The number of aliphatic imine (C=N–C) groups is 4. The first-order valence-corrected chi connectivity index (χ1v) is 7.97. The molecule has 4 nitrogen and oxygen atoms in total. The predicted octanol–water partition coefficient (Wildman–Crippen LogP) is 6.24. The molecule has 0 saturated carbocycles. The van der Waals surface area contributed by atoms with Gasteiger partial charge in [-0.3, -0.25) is 20.0 Å². The van der Waals surface area contributed by atoms with Crippen molar-refractivity contribution < 1.29 is 0 Å². The summed E-state index contributed by atoms with van der Waals surface area (Å²) in [7, 11) is 0. The van der Waals surface area contributed by atoms with Crippen LogP contribution in [0, 0.1) is 0 Å². The van der Waals surface area contributed by atoms with E-state index in [1.54, 1.807) is 24.9 Å². The molecule has 0 atom stereocenters. The first-order chi connectivity index (χ1) is 11.8. The lowest BCUT2D eigenvalue weighted by Crippen LogP contribution is -1.85. The molecule has 0 radical (unpaired) electrons. The molecule has 4 heteroatoms. The van der Waals surface area contributed by atoms with Gasteiger partial charge in [-0.25, -0.2) is 0 Å². The summed E-state index contributed by atoms with van der Waals surface area (Å²) in [5.74, 6) is 0. The fraction of sp³-hybridized carbons (Fsp3) is 0.200. The maximum atomic E-state index is 4.53. The number of hydrogen-bond acceptors (Lipinski definition) is 4. The number of nitrogens with zero attached hydrogens (tertiary/aromatic N) is 4. The minimum absolute atomic E-state index is 0.854. The average molecular weight is 318 g/mol. The molecule has 24 heavy (non-hydrogen) atoms. The van der Waals surface area contributed by atoms with Crippen molar-refractivity contribution in [2.24, 2.45) is 20.0 Å². The van der Waals surface area contributed by atoms with Crippen LogP contribution in [-0.2, 0) is 0 Å². The monoisotopic (exact) mass is 318 g/mol. The molecule has 0 fully saturated rings. The van der Waals surface area contributed by atoms with Gasteiger partial charge in [0.2, 0.25) is 0 Å². The summed E-state index contributed by atoms with van der Waals surface area (Å²) < 4.78 is 0. The van der Waals surface area contributed by atoms with Crippen LogP contribution >= 0.6 is 0 Å².